The highest BCUT2D eigenvalue weighted by molar-refractivity contribution is 6.09. The Hall–Kier alpha value is -5.83. The second kappa shape index (κ2) is 18.7. The highest BCUT2D eigenvalue weighted by Gasteiger charge is 2.56. The Kier molecular flexibility index (Phi) is 12.2. The zero-order chi connectivity index (χ0) is 48.5. The maximum atomic E-state index is 15.2. The van der Waals surface area contributed by atoms with Crippen LogP contribution in [0, 0.1) is 11.8 Å². The Morgan fingerprint density at radius 2 is 1.54 bits per heavy atom. The standard InChI is InChI=1S/C56H69N9O6/c1-34(2)64-33-57-47-31-46(59-51(50(47)64)58-39-11-12-39)37-10-18-45-48(28-37)65(41-29-40(30-41)61-23-4-3-5-24-61)55(70)56(45)21-26-62(27-22-56)54(69)38-20-25-63(32-38)53(68)36-8-15-43(16-9-36)71-42-13-6-35(7-14-42)44-17-19-49(66)60-52(44)67/h6-7,10,13-14,18,28,31,33-34,36,38-41,43-44H,3-5,8-9,11-12,15-17,19-27,29-30,32H2,1-2H3,(H,58,59)(H,60,66,67)/t36?,38-,40?,41?,43?,44?/m1/s1. The Morgan fingerprint density at radius 1 is 0.789 bits per heavy atom. The fourth-order valence-electron chi connectivity index (χ4n) is 13.3. The average molecular weight is 964 g/mol. The third kappa shape index (κ3) is 8.67. The summed E-state index contributed by atoms with van der Waals surface area (Å²) in [6, 6.07) is 17.6. The number of anilines is 2. The van der Waals surface area contributed by atoms with Crippen LogP contribution >= 0.6 is 0 Å². The van der Waals surface area contributed by atoms with E-state index >= 15 is 4.79 Å². The monoisotopic (exact) mass is 964 g/mol. The molecule has 71 heavy (non-hydrogen) atoms. The molecule has 3 saturated carbocycles. The van der Waals surface area contributed by atoms with Gasteiger partial charge in [-0.2, -0.15) is 0 Å². The summed E-state index contributed by atoms with van der Waals surface area (Å²) in [4.78, 5) is 86.2. The van der Waals surface area contributed by atoms with Crippen LogP contribution < -0.4 is 20.3 Å². The van der Waals surface area contributed by atoms with Gasteiger partial charge in [0.05, 0.1) is 40.9 Å². The van der Waals surface area contributed by atoms with Gasteiger partial charge in [-0.1, -0.05) is 30.7 Å². The Morgan fingerprint density at radius 3 is 2.25 bits per heavy atom. The van der Waals surface area contributed by atoms with Crippen LogP contribution in [-0.2, 0) is 29.4 Å². The van der Waals surface area contributed by atoms with Crippen LogP contribution in [0.1, 0.15) is 140 Å². The van der Waals surface area contributed by atoms with Crippen molar-refractivity contribution >= 4 is 52.1 Å². The van der Waals surface area contributed by atoms with E-state index < -0.39 is 5.41 Å². The van der Waals surface area contributed by atoms with E-state index in [-0.39, 0.29) is 65.5 Å². The summed E-state index contributed by atoms with van der Waals surface area (Å²) >= 11 is 0. The van der Waals surface area contributed by atoms with Crippen molar-refractivity contribution in [1.29, 1.82) is 0 Å². The van der Waals surface area contributed by atoms with Crippen molar-refractivity contribution in [3.05, 3.63) is 66.0 Å². The molecule has 7 fully saturated rings. The number of nitrogens with zero attached hydrogens (tertiary/aromatic N) is 7. The first kappa shape index (κ1) is 46.3. The first-order valence-corrected chi connectivity index (χ1v) is 27.0. The number of carbonyl (C=O) groups is 5. The molecule has 5 amide bonds. The second-order valence-corrected chi connectivity index (χ2v) is 22.5. The summed E-state index contributed by atoms with van der Waals surface area (Å²) in [5.41, 5.74) is 6.05. The minimum atomic E-state index is -0.688. The number of carbonyl (C=O) groups excluding carboxylic acids is 5. The number of ether oxygens (including phenoxy) is 1. The zero-order valence-corrected chi connectivity index (χ0v) is 41.5. The highest BCUT2D eigenvalue weighted by atomic mass is 16.5. The minimum Gasteiger partial charge on any atom is -0.490 e. The van der Waals surface area contributed by atoms with E-state index in [9.17, 15) is 19.2 Å². The molecule has 0 radical (unpaired) electrons. The quantitative estimate of drug-likeness (QED) is 0.144. The van der Waals surface area contributed by atoms with Gasteiger partial charge in [0.2, 0.25) is 29.5 Å². The predicted octanol–water partition coefficient (Wildman–Crippen LogP) is 7.48. The molecule has 8 aliphatic rings. The van der Waals surface area contributed by atoms with Crippen LogP contribution in [0.15, 0.2) is 54.9 Å². The van der Waals surface area contributed by atoms with Gasteiger partial charge in [0.1, 0.15) is 11.3 Å². The summed E-state index contributed by atoms with van der Waals surface area (Å²) in [6.45, 7) is 8.70. The first-order valence-electron chi connectivity index (χ1n) is 27.0. The van der Waals surface area contributed by atoms with Gasteiger partial charge in [-0.15, -0.1) is 0 Å². The van der Waals surface area contributed by atoms with Crippen molar-refractivity contribution in [2.45, 2.75) is 158 Å². The molecule has 12 rings (SSSR count). The molecule has 374 valence electrons. The third-order valence-corrected chi connectivity index (χ3v) is 17.7. The average Bonchev–Trinajstić information content (AvgIpc) is 3.76. The van der Waals surface area contributed by atoms with E-state index in [4.69, 9.17) is 14.7 Å². The molecule has 1 spiro atoms. The molecule has 0 bridgehead atoms. The van der Waals surface area contributed by atoms with Gasteiger partial charge in [0.15, 0.2) is 5.82 Å². The van der Waals surface area contributed by atoms with Crippen LogP contribution in [0.4, 0.5) is 11.5 Å². The summed E-state index contributed by atoms with van der Waals surface area (Å²) in [5.74, 6) is 0.926. The zero-order valence-electron chi connectivity index (χ0n) is 41.5. The summed E-state index contributed by atoms with van der Waals surface area (Å²) in [7, 11) is 0. The van der Waals surface area contributed by atoms with E-state index in [1.807, 2.05) is 40.4 Å². The maximum Gasteiger partial charge on any atom is 0.238 e. The first-order chi connectivity index (χ1) is 34.5. The van der Waals surface area contributed by atoms with Crippen LogP contribution in [0.5, 0.6) is 5.75 Å². The lowest BCUT2D eigenvalue weighted by Gasteiger charge is -2.48. The molecule has 4 aromatic rings. The molecule has 2 atom stereocenters. The topological polar surface area (TPSA) is 162 Å². The molecule has 3 aliphatic carbocycles. The van der Waals surface area contributed by atoms with Gasteiger partial charge in [-0.25, -0.2) is 9.97 Å². The fourth-order valence-corrected chi connectivity index (χ4v) is 13.3. The van der Waals surface area contributed by atoms with Crippen molar-refractivity contribution in [3.8, 4) is 17.0 Å². The van der Waals surface area contributed by atoms with Crippen molar-refractivity contribution in [1.82, 2.24) is 34.6 Å². The van der Waals surface area contributed by atoms with E-state index in [0.29, 0.717) is 70.4 Å². The number of fused-ring (bicyclic) bond motifs is 3. The number of benzene rings is 2. The number of hydrogen-bond acceptors (Lipinski definition) is 10. The number of likely N-dealkylation sites (tertiary alicyclic amines) is 3. The molecule has 4 saturated heterocycles. The van der Waals surface area contributed by atoms with E-state index in [0.717, 1.165) is 115 Å². The number of hydrogen-bond donors (Lipinski definition) is 2. The molecule has 15 heteroatoms. The second-order valence-electron chi connectivity index (χ2n) is 22.5. The summed E-state index contributed by atoms with van der Waals surface area (Å²) in [6.07, 6.45) is 15.7. The molecule has 7 heterocycles. The SMILES string of the molecule is CC(C)n1cnc2cc(-c3ccc4c(c3)N(C3CC(N5CCCCC5)C3)C(=O)C43CCN(C(=O)[C@@H]4CCN(C(=O)C5CCC(Oc6ccc(C7CCC(=O)NC7=O)cc6)CC5)C4)CC3)nc(NC3CC3)c21. The molecular weight excluding hydrogens is 895 g/mol. The largest absolute Gasteiger partial charge is 0.490 e. The van der Waals surface area contributed by atoms with Crippen molar-refractivity contribution in [2.24, 2.45) is 11.8 Å². The van der Waals surface area contributed by atoms with Crippen molar-refractivity contribution < 1.29 is 28.7 Å². The summed E-state index contributed by atoms with van der Waals surface area (Å²) < 4.78 is 8.52. The van der Waals surface area contributed by atoms with Gasteiger partial charge in [-0.3, -0.25) is 29.3 Å². The Labute approximate surface area is 416 Å². The number of imidazole rings is 1. The number of rotatable bonds is 11. The number of imide groups is 1. The van der Waals surface area contributed by atoms with Crippen LogP contribution in [0.2, 0.25) is 0 Å². The predicted molar refractivity (Wildman–Crippen MR) is 270 cm³/mol. The molecule has 2 aromatic carbocycles. The molecule has 5 aliphatic heterocycles. The lowest BCUT2D eigenvalue weighted by atomic mass is 9.73. The Balaban J connectivity index is 0.697. The smallest absolute Gasteiger partial charge is 0.238 e. The number of amides is 5. The van der Waals surface area contributed by atoms with Crippen molar-refractivity contribution in [2.75, 3.05) is 49.5 Å². The van der Waals surface area contributed by atoms with Gasteiger partial charge < -0.3 is 34.2 Å². The van der Waals surface area contributed by atoms with E-state index in [1.54, 1.807) is 0 Å². The van der Waals surface area contributed by atoms with Crippen LogP contribution in [0.25, 0.3) is 22.3 Å². The number of nitrogens with one attached hydrogen (secondary N) is 2. The van der Waals surface area contributed by atoms with Crippen molar-refractivity contribution in [3.63, 3.8) is 0 Å². The van der Waals surface area contributed by atoms with Crippen LogP contribution in [-0.4, -0.2) is 122 Å². The van der Waals surface area contributed by atoms with E-state index in [2.05, 4.69) is 63.1 Å². The lowest BCUT2D eigenvalue weighted by molar-refractivity contribution is -0.140. The molecule has 2 aromatic heterocycles. The van der Waals surface area contributed by atoms with Gasteiger partial charge >= 0.3 is 0 Å². The molecular formula is C56H69N9O6. The van der Waals surface area contributed by atoms with E-state index in [1.165, 1.54) is 19.3 Å². The van der Waals surface area contributed by atoms with Gasteiger partial charge in [0, 0.05) is 73.9 Å². The third-order valence-electron chi connectivity index (χ3n) is 17.7. The maximum absolute atomic E-state index is 15.2. The molecule has 15 nitrogen and oxygen atoms in total. The van der Waals surface area contributed by atoms with Crippen LogP contribution in [0.3, 0.4) is 0 Å². The molecule has 1 unspecified atom stereocenters. The van der Waals surface area contributed by atoms with Gasteiger partial charge in [0.25, 0.3) is 0 Å². The highest BCUT2D eigenvalue weighted by Crippen LogP contribution is 2.52. The summed E-state index contributed by atoms with van der Waals surface area (Å²) in [5, 5.41) is 6.13. The fraction of sp³-hybridized carbons (Fsp3) is 0.589. The van der Waals surface area contributed by atoms with Gasteiger partial charge in [-0.05, 0) is 152 Å². The Bertz CT molecular complexity index is 2720. The number of pyridine rings is 1. The number of aromatic nitrogens is 3. The minimum absolute atomic E-state index is 0.00392. The number of piperidine rings is 3. The molecule has 2 N–H and O–H groups in total. The lowest BCUT2D eigenvalue weighted by Crippen LogP contribution is -2.58. The normalized spacial score (nSPS) is 27.8.